The Bertz CT molecular complexity index is 417. The largest absolute Gasteiger partial charge is 0.491 e. The normalized spacial score (nSPS) is 14.5. The molecule has 0 unspecified atom stereocenters. The third kappa shape index (κ3) is 4.00. The summed E-state index contributed by atoms with van der Waals surface area (Å²) >= 11 is 0. The van der Waals surface area contributed by atoms with Crippen molar-refractivity contribution in [3.8, 4) is 5.75 Å². The van der Waals surface area contributed by atoms with Gasteiger partial charge in [0.05, 0.1) is 12.3 Å². The van der Waals surface area contributed by atoms with Crippen LogP contribution in [0, 0.1) is 0 Å². The van der Waals surface area contributed by atoms with Crippen LogP contribution in [0.25, 0.3) is 0 Å². The van der Waals surface area contributed by atoms with E-state index in [0.29, 0.717) is 0 Å². The molecule has 0 fully saturated rings. The standard InChI is InChI=1S/C16H24N2O/c1-3-9-17-12-14(2)13-18-10-6-11-19-16-8-5-4-7-15(16)18/h4-5,7-8,17H,2-3,6,9-13H2,1H3. The summed E-state index contributed by atoms with van der Waals surface area (Å²) < 4.78 is 5.77. The minimum absolute atomic E-state index is 0.800. The Balaban J connectivity index is 1.98. The van der Waals surface area contributed by atoms with Crippen molar-refractivity contribution in [3.63, 3.8) is 0 Å². The fraction of sp³-hybridized carbons (Fsp3) is 0.500. The zero-order chi connectivity index (χ0) is 13.5. The van der Waals surface area contributed by atoms with Crippen LogP contribution in [0.15, 0.2) is 36.4 Å². The Morgan fingerprint density at radius 1 is 1.42 bits per heavy atom. The number of ether oxygens (including phenoxy) is 1. The first-order valence-electron chi connectivity index (χ1n) is 7.15. The maximum absolute atomic E-state index is 5.77. The zero-order valence-electron chi connectivity index (χ0n) is 11.8. The van der Waals surface area contributed by atoms with Crippen LogP contribution in [0.2, 0.25) is 0 Å². The van der Waals surface area contributed by atoms with E-state index in [9.17, 15) is 0 Å². The molecule has 1 N–H and O–H groups in total. The van der Waals surface area contributed by atoms with Gasteiger partial charge in [0, 0.05) is 19.6 Å². The number of nitrogens with zero attached hydrogens (tertiary/aromatic N) is 1. The van der Waals surface area contributed by atoms with Crippen molar-refractivity contribution < 1.29 is 4.74 Å². The van der Waals surface area contributed by atoms with Gasteiger partial charge in [-0.05, 0) is 37.1 Å². The van der Waals surface area contributed by atoms with Crippen LogP contribution in [0.3, 0.4) is 0 Å². The highest BCUT2D eigenvalue weighted by Gasteiger charge is 2.16. The van der Waals surface area contributed by atoms with E-state index in [1.807, 2.05) is 12.1 Å². The second-order valence-electron chi connectivity index (χ2n) is 5.02. The molecule has 104 valence electrons. The van der Waals surface area contributed by atoms with Gasteiger partial charge in [-0.3, -0.25) is 0 Å². The number of fused-ring (bicyclic) bond motifs is 1. The van der Waals surface area contributed by atoms with Crippen LogP contribution in [0.1, 0.15) is 19.8 Å². The molecular weight excluding hydrogens is 236 g/mol. The van der Waals surface area contributed by atoms with E-state index in [1.54, 1.807) is 0 Å². The van der Waals surface area contributed by atoms with Crippen LogP contribution >= 0.6 is 0 Å². The predicted molar refractivity (Wildman–Crippen MR) is 81.1 cm³/mol. The lowest BCUT2D eigenvalue weighted by molar-refractivity contribution is 0.322. The van der Waals surface area contributed by atoms with E-state index in [-0.39, 0.29) is 0 Å². The van der Waals surface area contributed by atoms with Crippen molar-refractivity contribution in [1.29, 1.82) is 0 Å². The molecule has 1 aromatic carbocycles. The van der Waals surface area contributed by atoms with Gasteiger partial charge in [-0.2, -0.15) is 0 Å². The van der Waals surface area contributed by atoms with Gasteiger partial charge >= 0.3 is 0 Å². The molecular formula is C16H24N2O. The third-order valence-electron chi connectivity index (χ3n) is 3.25. The van der Waals surface area contributed by atoms with Crippen LogP contribution in [0.4, 0.5) is 5.69 Å². The lowest BCUT2D eigenvalue weighted by Gasteiger charge is -2.25. The van der Waals surface area contributed by atoms with Gasteiger partial charge in [0.1, 0.15) is 5.75 Å². The van der Waals surface area contributed by atoms with Crippen molar-refractivity contribution >= 4 is 5.69 Å². The number of rotatable bonds is 6. The van der Waals surface area contributed by atoms with E-state index in [4.69, 9.17) is 4.74 Å². The molecule has 0 aliphatic carbocycles. The predicted octanol–water partition coefficient (Wildman–Crippen LogP) is 2.83. The van der Waals surface area contributed by atoms with Crippen molar-refractivity contribution in [2.75, 3.05) is 37.7 Å². The molecule has 0 saturated heterocycles. The lowest BCUT2D eigenvalue weighted by atomic mass is 10.2. The SMILES string of the molecule is C=C(CNCCC)CN1CCCOc2ccccc21. The number of para-hydroxylation sites is 2. The van der Waals surface area contributed by atoms with Gasteiger partial charge in [-0.1, -0.05) is 25.6 Å². The van der Waals surface area contributed by atoms with Crippen LogP contribution < -0.4 is 15.0 Å². The molecule has 0 bridgehead atoms. The Kier molecular flexibility index (Phi) is 5.28. The second kappa shape index (κ2) is 7.19. The van der Waals surface area contributed by atoms with Gasteiger partial charge in [-0.25, -0.2) is 0 Å². The van der Waals surface area contributed by atoms with Crippen molar-refractivity contribution in [2.45, 2.75) is 19.8 Å². The van der Waals surface area contributed by atoms with E-state index >= 15 is 0 Å². The van der Waals surface area contributed by atoms with Crippen LogP contribution in [0.5, 0.6) is 5.75 Å². The van der Waals surface area contributed by atoms with E-state index in [1.165, 1.54) is 11.3 Å². The number of hydrogen-bond acceptors (Lipinski definition) is 3. The Morgan fingerprint density at radius 2 is 2.26 bits per heavy atom. The number of anilines is 1. The van der Waals surface area contributed by atoms with Crippen molar-refractivity contribution in [3.05, 3.63) is 36.4 Å². The Hall–Kier alpha value is -1.48. The highest BCUT2D eigenvalue weighted by molar-refractivity contribution is 5.59. The molecule has 0 atom stereocenters. The maximum atomic E-state index is 5.77. The molecule has 0 aromatic heterocycles. The number of nitrogens with one attached hydrogen (secondary N) is 1. The van der Waals surface area contributed by atoms with Gasteiger partial charge < -0.3 is 15.0 Å². The molecule has 1 heterocycles. The molecule has 1 aliphatic rings. The van der Waals surface area contributed by atoms with E-state index in [0.717, 1.165) is 51.4 Å². The molecule has 2 rings (SSSR count). The number of benzene rings is 1. The van der Waals surface area contributed by atoms with Gasteiger partial charge in [-0.15, -0.1) is 0 Å². The molecule has 0 amide bonds. The van der Waals surface area contributed by atoms with E-state index < -0.39 is 0 Å². The van der Waals surface area contributed by atoms with Gasteiger partial charge in [0.2, 0.25) is 0 Å². The molecule has 3 nitrogen and oxygen atoms in total. The molecule has 0 saturated carbocycles. The summed E-state index contributed by atoms with van der Waals surface area (Å²) in [5.74, 6) is 0.995. The summed E-state index contributed by atoms with van der Waals surface area (Å²) in [6.07, 6.45) is 2.22. The maximum Gasteiger partial charge on any atom is 0.142 e. The summed E-state index contributed by atoms with van der Waals surface area (Å²) in [6, 6.07) is 8.28. The summed E-state index contributed by atoms with van der Waals surface area (Å²) in [5.41, 5.74) is 2.42. The fourth-order valence-corrected chi connectivity index (χ4v) is 2.33. The van der Waals surface area contributed by atoms with Gasteiger partial charge in [0.25, 0.3) is 0 Å². The molecule has 0 spiro atoms. The summed E-state index contributed by atoms with van der Waals surface area (Å²) in [4.78, 5) is 2.37. The first-order valence-corrected chi connectivity index (χ1v) is 7.15. The average Bonchev–Trinajstić information content (AvgIpc) is 2.62. The monoisotopic (exact) mass is 260 g/mol. The Morgan fingerprint density at radius 3 is 3.11 bits per heavy atom. The second-order valence-corrected chi connectivity index (χ2v) is 5.02. The van der Waals surface area contributed by atoms with Crippen molar-refractivity contribution in [1.82, 2.24) is 5.32 Å². The zero-order valence-corrected chi connectivity index (χ0v) is 11.8. The van der Waals surface area contributed by atoms with E-state index in [2.05, 4.69) is 35.9 Å². The highest BCUT2D eigenvalue weighted by atomic mass is 16.5. The topological polar surface area (TPSA) is 24.5 Å². The number of hydrogen-bond donors (Lipinski definition) is 1. The molecule has 1 aliphatic heterocycles. The summed E-state index contributed by atoms with van der Waals surface area (Å²) in [5, 5.41) is 3.41. The molecule has 3 heteroatoms. The molecule has 1 aromatic rings. The Labute approximate surface area is 116 Å². The minimum Gasteiger partial charge on any atom is -0.491 e. The molecule has 0 radical (unpaired) electrons. The average molecular weight is 260 g/mol. The highest BCUT2D eigenvalue weighted by Crippen LogP contribution is 2.30. The first kappa shape index (κ1) is 13.9. The summed E-state index contributed by atoms with van der Waals surface area (Å²) in [7, 11) is 0. The van der Waals surface area contributed by atoms with Gasteiger partial charge in [0.15, 0.2) is 0 Å². The molecule has 19 heavy (non-hydrogen) atoms. The van der Waals surface area contributed by atoms with Crippen molar-refractivity contribution in [2.24, 2.45) is 0 Å². The lowest BCUT2D eigenvalue weighted by Crippen LogP contribution is -2.29. The minimum atomic E-state index is 0.800. The fourth-order valence-electron chi connectivity index (χ4n) is 2.33. The quantitative estimate of drug-likeness (QED) is 0.629. The van der Waals surface area contributed by atoms with Crippen LogP contribution in [-0.2, 0) is 0 Å². The smallest absolute Gasteiger partial charge is 0.142 e. The third-order valence-corrected chi connectivity index (χ3v) is 3.25. The summed E-state index contributed by atoms with van der Waals surface area (Å²) in [6.45, 7) is 11.0. The van der Waals surface area contributed by atoms with Crippen LogP contribution in [-0.4, -0.2) is 32.8 Å². The first-order chi connectivity index (χ1) is 9.31.